The molecule has 0 fully saturated rings. The molecule has 0 spiro atoms. The smallest absolute Gasteiger partial charge is 0.154 e. The van der Waals surface area contributed by atoms with Crippen LogP contribution in [0.3, 0.4) is 0 Å². The highest BCUT2D eigenvalue weighted by molar-refractivity contribution is 6.29. The molecule has 0 bridgehead atoms. The van der Waals surface area contributed by atoms with Crippen LogP contribution in [-0.4, -0.2) is 10.2 Å². The van der Waals surface area contributed by atoms with Gasteiger partial charge in [-0.15, -0.1) is 10.2 Å². The summed E-state index contributed by atoms with van der Waals surface area (Å²) in [7, 11) is 0. The molecule has 1 aromatic carbocycles. The average molecular weight is 234 g/mol. The van der Waals surface area contributed by atoms with Crippen LogP contribution in [0.25, 0.3) is 11.1 Å². The molecule has 0 unspecified atom stereocenters. The summed E-state index contributed by atoms with van der Waals surface area (Å²) in [6.45, 7) is 4.07. The first-order valence-electron chi connectivity index (χ1n) is 4.94. The normalized spacial score (nSPS) is 10.4. The quantitative estimate of drug-likeness (QED) is 0.824. The summed E-state index contributed by atoms with van der Waals surface area (Å²) in [5, 5.41) is 7.88. The Kier molecular flexibility index (Phi) is 2.79. The zero-order valence-electron chi connectivity index (χ0n) is 9.16. The molecule has 16 heavy (non-hydrogen) atoms. The van der Waals surface area contributed by atoms with Crippen LogP contribution < -0.4 is 5.73 Å². The molecule has 0 aliphatic carbocycles. The molecule has 0 aliphatic rings. The Bertz CT molecular complexity index is 488. The van der Waals surface area contributed by atoms with E-state index in [1.54, 1.807) is 6.07 Å². The fourth-order valence-electron chi connectivity index (χ4n) is 1.62. The van der Waals surface area contributed by atoms with Gasteiger partial charge >= 0.3 is 0 Å². The van der Waals surface area contributed by atoms with Gasteiger partial charge in [-0.1, -0.05) is 35.4 Å². The van der Waals surface area contributed by atoms with Gasteiger partial charge in [-0.05, 0) is 31.0 Å². The van der Waals surface area contributed by atoms with Crippen molar-refractivity contribution in [3.05, 3.63) is 40.5 Å². The topological polar surface area (TPSA) is 51.8 Å². The Morgan fingerprint density at radius 2 is 1.81 bits per heavy atom. The van der Waals surface area contributed by atoms with E-state index in [1.807, 2.05) is 13.8 Å². The number of hydrogen-bond donors (Lipinski definition) is 1. The molecule has 2 aromatic rings. The summed E-state index contributed by atoms with van der Waals surface area (Å²) in [6.07, 6.45) is 0. The number of anilines is 1. The van der Waals surface area contributed by atoms with Gasteiger partial charge in [0.05, 0.1) is 0 Å². The lowest BCUT2D eigenvalue weighted by Gasteiger charge is -2.09. The molecule has 1 heterocycles. The van der Waals surface area contributed by atoms with Crippen molar-refractivity contribution in [3.8, 4) is 11.1 Å². The third kappa shape index (κ3) is 1.99. The summed E-state index contributed by atoms with van der Waals surface area (Å²) in [6, 6.07) is 7.92. The van der Waals surface area contributed by atoms with Crippen molar-refractivity contribution in [2.24, 2.45) is 0 Å². The number of nitrogen functional groups attached to an aromatic ring is 1. The Balaban J connectivity index is 2.66. The second-order valence-corrected chi connectivity index (χ2v) is 4.17. The van der Waals surface area contributed by atoms with Gasteiger partial charge in [0.15, 0.2) is 11.0 Å². The number of halogens is 1. The van der Waals surface area contributed by atoms with Crippen LogP contribution in [0, 0.1) is 13.8 Å². The molecule has 0 aliphatic heterocycles. The van der Waals surface area contributed by atoms with Crippen LogP contribution in [0.4, 0.5) is 5.82 Å². The highest BCUT2D eigenvalue weighted by atomic mass is 35.5. The van der Waals surface area contributed by atoms with E-state index in [-0.39, 0.29) is 0 Å². The van der Waals surface area contributed by atoms with Crippen molar-refractivity contribution in [2.45, 2.75) is 13.8 Å². The van der Waals surface area contributed by atoms with E-state index in [0.29, 0.717) is 11.0 Å². The maximum absolute atomic E-state index is 5.83. The molecule has 1 aromatic heterocycles. The molecule has 4 heteroatoms. The molecule has 2 N–H and O–H groups in total. The molecule has 0 radical (unpaired) electrons. The van der Waals surface area contributed by atoms with Crippen molar-refractivity contribution in [1.82, 2.24) is 10.2 Å². The average Bonchev–Trinajstić information content (AvgIpc) is 2.25. The molecule has 0 atom stereocenters. The lowest BCUT2D eigenvalue weighted by Crippen LogP contribution is -1.98. The highest BCUT2D eigenvalue weighted by Gasteiger charge is 2.08. The molecular weight excluding hydrogens is 222 g/mol. The maximum Gasteiger partial charge on any atom is 0.154 e. The van der Waals surface area contributed by atoms with E-state index in [1.165, 1.54) is 5.56 Å². The van der Waals surface area contributed by atoms with Crippen molar-refractivity contribution < 1.29 is 0 Å². The second-order valence-electron chi connectivity index (χ2n) is 3.78. The Morgan fingerprint density at radius 1 is 1.06 bits per heavy atom. The molecule has 0 amide bonds. The number of aryl methyl sites for hydroxylation is 2. The summed E-state index contributed by atoms with van der Waals surface area (Å²) in [5.41, 5.74) is 10.0. The van der Waals surface area contributed by atoms with E-state index in [4.69, 9.17) is 17.3 Å². The molecule has 3 nitrogen and oxygen atoms in total. The largest absolute Gasteiger partial charge is 0.382 e. The zero-order chi connectivity index (χ0) is 11.7. The Morgan fingerprint density at radius 3 is 2.56 bits per heavy atom. The highest BCUT2D eigenvalue weighted by Crippen LogP contribution is 2.29. The summed E-state index contributed by atoms with van der Waals surface area (Å²) < 4.78 is 0. The molecular formula is C12H12ClN3. The van der Waals surface area contributed by atoms with E-state index in [0.717, 1.165) is 16.7 Å². The van der Waals surface area contributed by atoms with Gasteiger partial charge in [-0.3, -0.25) is 0 Å². The third-order valence-electron chi connectivity index (χ3n) is 2.48. The van der Waals surface area contributed by atoms with E-state index in [2.05, 4.69) is 28.4 Å². The monoisotopic (exact) mass is 233 g/mol. The number of nitrogens with two attached hydrogens (primary N) is 1. The lowest BCUT2D eigenvalue weighted by atomic mass is 9.99. The summed E-state index contributed by atoms with van der Waals surface area (Å²) >= 11 is 5.83. The van der Waals surface area contributed by atoms with Crippen LogP contribution >= 0.6 is 11.6 Å². The second kappa shape index (κ2) is 4.10. The molecule has 0 saturated carbocycles. The van der Waals surface area contributed by atoms with E-state index < -0.39 is 0 Å². The maximum atomic E-state index is 5.83. The van der Waals surface area contributed by atoms with Gasteiger partial charge in [0.25, 0.3) is 0 Å². The van der Waals surface area contributed by atoms with Crippen LogP contribution in [0.1, 0.15) is 11.1 Å². The van der Waals surface area contributed by atoms with Crippen LogP contribution in [0.15, 0.2) is 24.3 Å². The minimum absolute atomic E-state index is 0.352. The zero-order valence-corrected chi connectivity index (χ0v) is 9.92. The standard InChI is InChI=1S/C12H12ClN3/c1-7-3-4-8(2)9(5-7)10-6-11(13)15-16-12(10)14/h3-6H,1-2H3,(H2,14,16). The predicted molar refractivity (Wildman–Crippen MR) is 66.4 cm³/mol. The van der Waals surface area contributed by atoms with E-state index >= 15 is 0 Å². The molecule has 82 valence electrons. The van der Waals surface area contributed by atoms with Crippen molar-refractivity contribution in [3.63, 3.8) is 0 Å². The Hall–Kier alpha value is -1.61. The minimum atomic E-state index is 0.352. The first kappa shape index (κ1) is 10.9. The number of nitrogens with zero attached hydrogens (tertiary/aromatic N) is 2. The number of aromatic nitrogens is 2. The first-order valence-corrected chi connectivity index (χ1v) is 5.32. The van der Waals surface area contributed by atoms with Gasteiger partial charge < -0.3 is 5.73 Å². The molecule has 0 saturated heterocycles. The fourth-order valence-corrected chi connectivity index (χ4v) is 1.77. The van der Waals surface area contributed by atoms with Gasteiger partial charge in [0, 0.05) is 5.56 Å². The Labute approximate surface area is 99.3 Å². The van der Waals surface area contributed by atoms with E-state index in [9.17, 15) is 0 Å². The first-order chi connectivity index (χ1) is 7.58. The van der Waals surface area contributed by atoms with Crippen LogP contribution in [-0.2, 0) is 0 Å². The van der Waals surface area contributed by atoms with Crippen molar-refractivity contribution >= 4 is 17.4 Å². The fraction of sp³-hybridized carbons (Fsp3) is 0.167. The van der Waals surface area contributed by atoms with Crippen LogP contribution in [0.2, 0.25) is 5.15 Å². The SMILES string of the molecule is Cc1ccc(C)c(-c2cc(Cl)nnc2N)c1. The number of rotatable bonds is 1. The van der Waals surface area contributed by atoms with Gasteiger partial charge in [-0.25, -0.2) is 0 Å². The summed E-state index contributed by atoms with van der Waals surface area (Å²) in [4.78, 5) is 0. The van der Waals surface area contributed by atoms with Gasteiger partial charge in [0.2, 0.25) is 0 Å². The number of benzene rings is 1. The third-order valence-corrected chi connectivity index (χ3v) is 2.66. The van der Waals surface area contributed by atoms with Crippen LogP contribution in [0.5, 0.6) is 0 Å². The van der Waals surface area contributed by atoms with Crippen molar-refractivity contribution in [2.75, 3.05) is 5.73 Å². The number of hydrogen-bond acceptors (Lipinski definition) is 3. The van der Waals surface area contributed by atoms with Gasteiger partial charge in [-0.2, -0.15) is 0 Å². The minimum Gasteiger partial charge on any atom is -0.382 e. The summed E-state index contributed by atoms with van der Waals surface area (Å²) in [5.74, 6) is 0.401. The lowest BCUT2D eigenvalue weighted by molar-refractivity contribution is 1.04. The van der Waals surface area contributed by atoms with Gasteiger partial charge in [0.1, 0.15) is 0 Å². The van der Waals surface area contributed by atoms with Crippen molar-refractivity contribution in [1.29, 1.82) is 0 Å². The predicted octanol–water partition coefficient (Wildman–Crippen LogP) is 3.00. The molecule has 2 rings (SSSR count).